The van der Waals surface area contributed by atoms with Gasteiger partial charge in [0.05, 0.1) is 4.88 Å². The van der Waals surface area contributed by atoms with E-state index in [1.807, 2.05) is 29.3 Å². The second kappa shape index (κ2) is 5.94. The molecule has 0 amide bonds. The smallest absolute Gasteiger partial charge is 0.387 e. The molecular weight excluding hydrogens is 282 g/mol. The largest absolute Gasteiger partial charge is 0.438 e. The lowest BCUT2D eigenvalue weighted by molar-refractivity contribution is 0.215. The maximum Gasteiger partial charge on any atom is 0.438 e. The van der Waals surface area contributed by atoms with Crippen LogP contribution in [0.2, 0.25) is 0 Å². The Morgan fingerprint density at radius 2 is 2.32 bits per heavy atom. The molecule has 1 aliphatic rings. The van der Waals surface area contributed by atoms with Gasteiger partial charge in [-0.05, 0) is 23.6 Å². The topological polar surface area (TPSA) is 51.3 Å². The van der Waals surface area contributed by atoms with Crippen LogP contribution >= 0.6 is 23.1 Å². The minimum absolute atomic E-state index is 0.375. The van der Waals surface area contributed by atoms with Gasteiger partial charge in [-0.15, -0.1) is 16.4 Å². The van der Waals surface area contributed by atoms with Gasteiger partial charge in [-0.1, -0.05) is 6.07 Å². The van der Waals surface area contributed by atoms with Crippen LogP contribution in [-0.4, -0.2) is 39.3 Å². The van der Waals surface area contributed by atoms with Gasteiger partial charge in [-0.2, -0.15) is 16.4 Å². The van der Waals surface area contributed by atoms with E-state index in [-0.39, 0.29) is 5.76 Å². The zero-order valence-electron chi connectivity index (χ0n) is 10.4. The van der Waals surface area contributed by atoms with E-state index in [1.54, 1.807) is 0 Å². The minimum atomic E-state index is -0.375. The van der Waals surface area contributed by atoms with Crippen molar-refractivity contribution in [2.75, 3.05) is 24.6 Å². The number of hydrogen-bond acceptors (Lipinski definition) is 6. The van der Waals surface area contributed by atoms with Crippen LogP contribution in [0.15, 0.2) is 26.7 Å². The van der Waals surface area contributed by atoms with Crippen LogP contribution in [0, 0.1) is 0 Å². The third-order valence-electron chi connectivity index (χ3n) is 2.99. The number of rotatable bonds is 3. The van der Waals surface area contributed by atoms with Crippen molar-refractivity contribution < 1.29 is 4.42 Å². The highest BCUT2D eigenvalue weighted by atomic mass is 32.2. The minimum Gasteiger partial charge on any atom is -0.387 e. The molecule has 5 nitrogen and oxygen atoms in total. The van der Waals surface area contributed by atoms with Gasteiger partial charge < -0.3 is 4.42 Å². The first kappa shape index (κ1) is 13.0. The first-order valence-corrected chi connectivity index (χ1v) is 8.28. The van der Waals surface area contributed by atoms with Crippen LogP contribution in [0.25, 0.3) is 10.8 Å². The van der Waals surface area contributed by atoms with Crippen molar-refractivity contribution in [1.29, 1.82) is 0 Å². The Morgan fingerprint density at radius 1 is 1.37 bits per heavy atom. The molecule has 0 aromatic carbocycles. The van der Waals surface area contributed by atoms with E-state index in [1.165, 1.54) is 21.8 Å². The third-order valence-corrected chi connectivity index (χ3v) is 4.89. The van der Waals surface area contributed by atoms with Crippen LogP contribution in [0.5, 0.6) is 0 Å². The summed E-state index contributed by atoms with van der Waals surface area (Å²) in [6.07, 6.45) is 1.16. The summed E-state index contributed by atoms with van der Waals surface area (Å²) in [7, 11) is 0. The summed E-state index contributed by atoms with van der Waals surface area (Å²) in [6, 6.07) is 3.83. The molecule has 3 rings (SSSR count). The summed E-state index contributed by atoms with van der Waals surface area (Å²) in [4.78, 5) is 14.9. The highest BCUT2D eigenvalue weighted by Crippen LogP contribution is 2.21. The van der Waals surface area contributed by atoms with Crippen molar-refractivity contribution >= 4 is 23.1 Å². The lowest BCUT2D eigenvalue weighted by atomic mass is 10.4. The Balaban J connectivity index is 1.76. The molecule has 3 heterocycles. The number of hydrogen-bond donors (Lipinski definition) is 0. The Kier molecular flexibility index (Phi) is 4.05. The molecule has 2 aromatic heterocycles. The molecule has 19 heavy (non-hydrogen) atoms. The maximum atomic E-state index is 11.8. The van der Waals surface area contributed by atoms with Gasteiger partial charge in [0, 0.05) is 18.8 Å². The van der Waals surface area contributed by atoms with Gasteiger partial charge in [0.15, 0.2) is 0 Å². The summed E-state index contributed by atoms with van der Waals surface area (Å²) < 4.78 is 6.63. The van der Waals surface area contributed by atoms with Crippen LogP contribution < -0.4 is 5.76 Å². The average molecular weight is 297 g/mol. The lowest BCUT2D eigenvalue weighted by Gasteiger charge is -2.17. The van der Waals surface area contributed by atoms with Gasteiger partial charge in [0.2, 0.25) is 0 Å². The molecule has 1 fully saturated rings. The van der Waals surface area contributed by atoms with Crippen LogP contribution in [0.3, 0.4) is 0 Å². The molecule has 2 aromatic rings. The first-order valence-electron chi connectivity index (χ1n) is 6.25. The van der Waals surface area contributed by atoms with E-state index < -0.39 is 0 Å². The zero-order valence-corrected chi connectivity index (χ0v) is 12.1. The standard InChI is InChI=1S/C12H15N3O2S2/c16-12-15(9-14-4-2-6-18-8-5-14)13-11(17-12)10-3-1-7-19-10/h1,3,7H,2,4-6,8-9H2. The third kappa shape index (κ3) is 3.10. The number of thiophene rings is 1. The fourth-order valence-electron chi connectivity index (χ4n) is 2.02. The Morgan fingerprint density at radius 3 is 3.16 bits per heavy atom. The monoisotopic (exact) mass is 297 g/mol. The summed E-state index contributed by atoms with van der Waals surface area (Å²) in [6.45, 7) is 2.53. The molecule has 102 valence electrons. The van der Waals surface area contributed by atoms with Crippen LogP contribution in [0.1, 0.15) is 6.42 Å². The summed E-state index contributed by atoms with van der Waals surface area (Å²) in [5, 5.41) is 6.22. The zero-order chi connectivity index (χ0) is 13.1. The predicted molar refractivity (Wildman–Crippen MR) is 77.6 cm³/mol. The normalized spacial score (nSPS) is 17.5. The molecule has 1 aliphatic heterocycles. The maximum absolute atomic E-state index is 11.8. The van der Waals surface area contributed by atoms with Gasteiger partial charge in [-0.3, -0.25) is 4.90 Å². The van der Waals surface area contributed by atoms with E-state index in [9.17, 15) is 4.79 Å². The average Bonchev–Trinajstić information content (AvgIpc) is 2.96. The fourth-order valence-corrected chi connectivity index (χ4v) is 3.59. The second-order valence-corrected chi connectivity index (χ2v) is 6.55. The lowest BCUT2D eigenvalue weighted by Crippen LogP contribution is -2.32. The molecule has 0 aliphatic carbocycles. The van der Waals surface area contributed by atoms with Gasteiger partial charge >= 0.3 is 5.76 Å². The molecular formula is C12H15N3O2S2. The molecule has 0 unspecified atom stereocenters. The van der Waals surface area contributed by atoms with Crippen molar-refractivity contribution in [1.82, 2.24) is 14.7 Å². The van der Waals surface area contributed by atoms with Crippen molar-refractivity contribution in [3.05, 3.63) is 28.1 Å². The van der Waals surface area contributed by atoms with Gasteiger partial charge in [0.25, 0.3) is 5.89 Å². The number of aromatic nitrogens is 2. The molecule has 7 heteroatoms. The molecule has 0 spiro atoms. The molecule has 0 N–H and O–H groups in total. The van der Waals surface area contributed by atoms with E-state index >= 15 is 0 Å². The van der Waals surface area contributed by atoms with Gasteiger partial charge in [-0.25, -0.2) is 4.79 Å². The van der Waals surface area contributed by atoms with E-state index in [2.05, 4.69) is 10.00 Å². The predicted octanol–water partition coefficient (Wildman–Crippen LogP) is 1.96. The Bertz CT molecular complexity index is 568. The first-order chi connectivity index (χ1) is 9.33. The molecule has 0 radical (unpaired) electrons. The highest BCUT2D eigenvalue weighted by Gasteiger charge is 2.15. The van der Waals surface area contributed by atoms with Crippen LogP contribution in [-0.2, 0) is 6.67 Å². The fraction of sp³-hybridized carbons (Fsp3) is 0.500. The summed E-state index contributed by atoms with van der Waals surface area (Å²) in [5.41, 5.74) is 0. The summed E-state index contributed by atoms with van der Waals surface area (Å²) in [5.74, 6) is 2.36. The van der Waals surface area contributed by atoms with Crippen molar-refractivity contribution in [3.8, 4) is 10.8 Å². The molecule has 0 bridgehead atoms. The Labute approximate surface area is 119 Å². The second-order valence-electron chi connectivity index (χ2n) is 4.38. The number of nitrogens with zero attached hydrogens (tertiary/aromatic N) is 3. The molecule has 1 saturated heterocycles. The van der Waals surface area contributed by atoms with E-state index in [0.29, 0.717) is 12.6 Å². The molecule has 0 saturated carbocycles. The summed E-state index contributed by atoms with van der Waals surface area (Å²) >= 11 is 3.49. The number of thioether (sulfide) groups is 1. The SMILES string of the molecule is O=c1oc(-c2cccs2)nn1CN1CCCSCC1. The van der Waals surface area contributed by atoms with Gasteiger partial charge in [0.1, 0.15) is 6.67 Å². The quantitative estimate of drug-likeness (QED) is 0.867. The van der Waals surface area contributed by atoms with Crippen molar-refractivity contribution in [3.63, 3.8) is 0 Å². The van der Waals surface area contributed by atoms with E-state index in [4.69, 9.17) is 4.42 Å². The highest BCUT2D eigenvalue weighted by molar-refractivity contribution is 7.99. The van der Waals surface area contributed by atoms with E-state index in [0.717, 1.165) is 30.1 Å². The molecule has 0 atom stereocenters. The van der Waals surface area contributed by atoms with Crippen LogP contribution in [0.4, 0.5) is 0 Å². The Hall–Kier alpha value is -1.05. The van der Waals surface area contributed by atoms with Crippen molar-refractivity contribution in [2.45, 2.75) is 13.1 Å². The van der Waals surface area contributed by atoms with Crippen molar-refractivity contribution in [2.24, 2.45) is 0 Å².